The number of hydrogen-bond acceptors (Lipinski definition) is 3. The van der Waals surface area contributed by atoms with Crippen molar-refractivity contribution in [1.82, 2.24) is 4.98 Å². The number of aromatic nitrogens is 1. The minimum atomic E-state index is 0.0928. The van der Waals surface area contributed by atoms with E-state index >= 15 is 0 Å². The molecule has 3 N–H and O–H groups in total. The van der Waals surface area contributed by atoms with Crippen molar-refractivity contribution in [2.24, 2.45) is 5.73 Å². The lowest BCUT2D eigenvalue weighted by molar-refractivity contribution is 0.724. The molecule has 0 aliphatic rings. The first-order chi connectivity index (χ1) is 7.69. The van der Waals surface area contributed by atoms with E-state index in [9.17, 15) is 0 Å². The van der Waals surface area contributed by atoms with Crippen molar-refractivity contribution in [3.63, 3.8) is 0 Å². The van der Waals surface area contributed by atoms with E-state index in [2.05, 4.69) is 23.7 Å². The first-order valence-electron chi connectivity index (χ1n) is 5.74. The van der Waals surface area contributed by atoms with Crippen LogP contribution in [-0.2, 0) is 0 Å². The van der Waals surface area contributed by atoms with Gasteiger partial charge in [0.1, 0.15) is 11.7 Å². The second-order valence-corrected chi connectivity index (χ2v) is 3.75. The van der Waals surface area contributed by atoms with E-state index in [1.54, 1.807) is 12.3 Å². The number of pyridine rings is 1. The van der Waals surface area contributed by atoms with Gasteiger partial charge in [0.25, 0.3) is 0 Å². The van der Waals surface area contributed by atoms with Crippen LogP contribution >= 0.6 is 0 Å². The van der Waals surface area contributed by atoms with Crippen molar-refractivity contribution >= 4 is 11.7 Å². The molecule has 0 fully saturated rings. The summed E-state index contributed by atoms with van der Waals surface area (Å²) in [6.07, 6.45) is 4.03. The van der Waals surface area contributed by atoms with Crippen molar-refractivity contribution in [1.29, 1.82) is 5.41 Å². The molecule has 1 aromatic rings. The Bertz CT molecular complexity index is 349. The lowest BCUT2D eigenvalue weighted by Gasteiger charge is -2.21. The fraction of sp³-hybridized carbons (Fsp3) is 0.500. The molecule has 1 rings (SSSR count). The Morgan fingerprint density at radius 2 is 2.25 bits per heavy atom. The highest BCUT2D eigenvalue weighted by atomic mass is 15.2. The highest BCUT2D eigenvalue weighted by Gasteiger charge is 2.06. The smallest absolute Gasteiger partial charge is 0.129 e. The second kappa shape index (κ2) is 6.10. The van der Waals surface area contributed by atoms with Crippen LogP contribution < -0.4 is 10.6 Å². The van der Waals surface area contributed by atoms with Gasteiger partial charge in [-0.2, -0.15) is 0 Å². The molecule has 16 heavy (non-hydrogen) atoms. The molecule has 4 heteroatoms. The van der Waals surface area contributed by atoms with E-state index in [1.807, 2.05) is 6.07 Å². The lowest BCUT2D eigenvalue weighted by atomic mass is 10.2. The Hall–Kier alpha value is -1.58. The third kappa shape index (κ3) is 3.22. The zero-order valence-electron chi connectivity index (χ0n) is 10.0. The molecular formula is C12H20N4. The Morgan fingerprint density at radius 3 is 2.81 bits per heavy atom. The summed E-state index contributed by atoms with van der Waals surface area (Å²) in [6.45, 7) is 6.21. The number of hydrogen-bond donors (Lipinski definition) is 2. The average molecular weight is 220 g/mol. The van der Waals surface area contributed by atoms with Crippen molar-refractivity contribution in [3.8, 4) is 0 Å². The maximum atomic E-state index is 7.40. The minimum absolute atomic E-state index is 0.0928. The zero-order chi connectivity index (χ0) is 12.0. The van der Waals surface area contributed by atoms with Gasteiger partial charge in [0.15, 0.2) is 0 Å². The summed E-state index contributed by atoms with van der Waals surface area (Å²) in [5, 5.41) is 7.40. The van der Waals surface area contributed by atoms with Crippen LogP contribution in [0.25, 0.3) is 0 Å². The summed E-state index contributed by atoms with van der Waals surface area (Å²) < 4.78 is 0. The number of nitrogen functional groups attached to an aromatic ring is 1. The maximum Gasteiger partial charge on any atom is 0.129 e. The summed E-state index contributed by atoms with van der Waals surface area (Å²) in [5.41, 5.74) is 6.20. The van der Waals surface area contributed by atoms with Gasteiger partial charge in [0.2, 0.25) is 0 Å². The molecule has 0 saturated heterocycles. The summed E-state index contributed by atoms with van der Waals surface area (Å²) >= 11 is 0. The normalized spacial score (nSPS) is 10.1. The number of amidine groups is 1. The van der Waals surface area contributed by atoms with Gasteiger partial charge >= 0.3 is 0 Å². The molecule has 0 spiro atoms. The topological polar surface area (TPSA) is 66.0 Å². The molecule has 4 nitrogen and oxygen atoms in total. The second-order valence-electron chi connectivity index (χ2n) is 3.75. The quantitative estimate of drug-likeness (QED) is 0.569. The number of rotatable bonds is 6. The Balaban J connectivity index is 2.83. The highest BCUT2D eigenvalue weighted by Crippen LogP contribution is 2.13. The van der Waals surface area contributed by atoms with E-state index < -0.39 is 0 Å². The van der Waals surface area contributed by atoms with Gasteiger partial charge in [-0.25, -0.2) is 4.98 Å². The highest BCUT2D eigenvalue weighted by molar-refractivity contribution is 5.95. The zero-order valence-corrected chi connectivity index (χ0v) is 10.0. The van der Waals surface area contributed by atoms with E-state index in [4.69, 9.17) is 11.1 Å². The molecule has 0 aromatic carbocycles. The number of nitrogens with zero attached hydrogens (tertiary/aromatic N) is 2. The van der Waals surface area contributed by atoms with Crippen LogP contribution in [0.15, 0.2) is 18.3 Å². The number of anilines is 1. The standard InChI is InChI=1S/C12H20N4/c1-3-5-8-16(4-2)11-9-10(12(13)14)6-7-15-11/h6-7,9H,3-5,8H2,1-2H3,(H3,13,14). The first kappa shape index (κ1) is 12.5. The van der Waals surface area contributed by atoms with Gasteiger partial charge in [-0.05, 0) is 25.5 Å². The van der Waals surface area contributed by atoms with E-state index in [1.165, 1.54) is 6.42 Å². The lowest BCUT2D eigenvalue weighted by Crippen LogP contribution is -2.25. The number of nitrogens with two attached hydrogens (primary N) is 1. The van der Waals surface area contributed by atoms with Gasteiger partial charge < -0.3 is 10.6 Å². The predicted octanol–water partition coefficient (Wildman–Crippen LogP) is 1.99. The Morgan fingerprint density at radius 1 is 1.50 bits per heavy atom. The van der Waals surface area contributed by atoms with E-state index in [0.717, 1.165) is 30.9 Å². The van der Waals surface area contributed by atoms with Gasteiger partial charge in [0.05, 0.1) is 0 Å². The molecule has 0 radical (unpaired) electrons. The molecule has 0 unspecified atom stereocenters. The van der Waals surface area contributed by atoms with Crippen LogP contribution in [-0.4, -0.2) is 23.9 Å². The molecule has 0 aliphatic heterocycles. The van der Waals surface area contributed by atoms with Crippen molar-refractivity contribution in [2.45, 2.75) is 26.7 Å². The molecular weight excluding hydrogens is 200 g/mol. The Kier molecular flexibility index (Phi) is 4.76. The number of unbranched alkanes of at least 4 members (excludes halogenated alkanes) is 1. The van der Waals surface area contributed by atoms with Crippen LogP contribution in [0, 0.1) is 5.41 Å². The number of nitrogens with one attached hydrogen (secondary N) is 1. The monoisotopic (exact) mass is 220 g/mol. The van der Waals surface area contributed by atoms with E-state index in [0.29, 0.717) is 0 Å². The van der Waals surface area contributed by atoms with Gasteiger partial charge in [-0.1, -0.05) is 13.3 Å². The third-order valence-corrected chi connectivity index (χ3v) is 2.54. The largest absolute Gasteiger partial charge is 0.384 e. The maximum absolute atomic E-state index is 7.40. The molecule has 0 aliphatic carbocycles. The average Bonchev–Trinajstić information content (AvgIpc) is 2.30. The minimum Gasteiger partial charge on any atom is -0.384 e. The first-order valence-corrected chi connectivity index (χ1v) is 5.74. The fourth-order valence-electron chi connectivity index (χ4n) is 1.54. The molecule has 1 aromatic heterocycles. The summed E-state index contributed by atoms with van der Waals surface area (Å²) in [4.78, 5) is 6.52. The van der Waals surface area contributed by atoms with Gasteiger partial charge in [0, 0.05) is 24.8 Å². The molecule has 0 saturated carbocycles. The van der Waals surface area contributed by atoms with Crippen LogP contribution in [0.1, 0.15) is 32.3 Å². The molecule has 1 heterocycles. The van der Waals surface area contributed by atoms with Gasteiger partial charge in [-0.15, -0.1) is 0 Å². The summed E-state index contributed by atoms with van der Waals surface area (Å²) in [5.74, 6) is 0.999. The summed E-state index contributed by atoms with van der Waals surface area (Å²) in [6, 6.07) is 3.64. The van der Waals surface area contributed by atoms with Crippen molar-refractivity contribution in [2.75, 3.05) is 18.0 Å². The fourth-order valence-corrected chi connectivity index (χ4v) is 1.54. The molecule has 0 bridgehead atoms. The molecule has 0 amide bonds. The van der Waals surface area contributed by atoms with Crippen LogP contribution in [0.3, 0.4) is 0 Å². The van der Waals surface area contributed by atoms with E-state index in [-0.39, 0.29) is 5.84 Å². The SMILES string of the molecule is CCCCN(CC)c1cc(C(=N)N)ccn1. The van der Waals surface area contributed by atoms with Crippen LogP contribution in [0.2, 0.25) is 0 Å². The molecule has 88 valence electrons. The van der Waals surface area contributed by atoms with Crippen molar-refractivity contribution in [3.05, 3.63) is 23.9 Å². The van der Waals surface area contributed by atoms with Gasteiger partial charge in [-0.3, -0.25) is 5.41 Å². The third-order valence-electron chi connectivity index (χ3n) is 2.54. The van der Waals surface area contributed by atoms with Crippen LogP contribution in [0.5, 0.6) is 0 Å². The van der Waals surface area contributed by atoms with Crippen molar-refractivity contribution < 1.29 is 0 Å². The molecule has 0 atom stereocenters. The van der Waals surface area contributed by atoms with Crippen LogP contribution in [0.4, 0.5) is 5.82 Å². The Labute approximate surface area is 97.0 Å². The summed E-state index contributed by atoms with van der Waals surface area (Å²) in [7, 11) is 0. The predicted molar refractivity (Wildman–Crippen MR) is 68.0 cm³/mol.